The van der Waals surface area contributed by atoms with E-state index in [0.29, 0.717) is 24.1 Å². The van der Waals surface area contributed by atoms with Gasteiger partial charge in [0.05, 0.1) is 20.1 Å². The van der Waals surface area contributed by atoms with Gasteiger partial charge in [0, 0.05) is 24.0 Å². The van der Waals surface area contributed by atoms with E-state index >= 15 is 0 Å². The van der Waals surface area contributed by atoms with E-state index in [1.54, 1.807) is 13.3 Å². The van der Waals surface area contributed by atoms with Gasteiger partial charge >= 0.3 is 5.97 Å². The van der Waals surface area contributed by atoms with E-state index < -0.39 is 5.92 Å². The van der Waals surface area contributed by atoms with E-state index in [0.717, 1.165) is 29.1 Å². The predicted molar refractivity (Wildman–Crippen MR) is 127 cm³/mol. The molecule has 7 heteroatoms. The van der Waals surface area contributed by atoms with Gasteiger partial charge in [-0.25, -0.2) is 4.98 Å². The Bertz CT molecular complexity index is 1010. The molecule has 0 saturated carbocycles. The number of carbonyl (C=O) groups excluding carboxylic acids is 1. The van der Waals surface area contributed by atoms with Crippen molar-refractivity contribution in [3.05, 3.63) is 71.9 Å². The van der Waals surface area contributed by atoms with Crippen molar-refractivity contribution in [2.75, 3.05) is 31.4 Å². The zero-order valence-corrected chi connectivity index (χ0v) is 19.0. The third-order valence-electron chi connectivity index (χ3n) is 5.00. The third kappa shape index (κ3) is 6.20. The van der Waals surface area contributed by atoms with Crippen molar-refractivity contribution in [1.29, 1.82) is 0 Å². The number of hydrogen-bond acceptors (Lipinski definition) is 7. The third-order valence-corrected chi connectivity index (χ3v) is 5.00. The Hall–Kier alpha value is -3.61. The Kier molecular flexibility index (Phi) is 8.02. The highest BCUT2D eigenvalue weighted by Gasteiger charge is 2.24. The molecule has 168 valence electrons. The largest absolute Gasteiger partial charge is 0.497 e. The molecule has 0 spiro atoms. The minimum absolute atomic E-state index is 0.309. The predicted octanol–water partition coefficient (Wildman–Crippen LogP) is 4.80. The topological polar surface area (TPSA) is 85.4 Å². The van der Waals surface area contributed by atoms with Crippen LogP contribution in [0.15, 0.2) is 60.8 Å². The van der Waals surface area contributed by atoms with Crippen LogP contribution in [0.2, 0.25) is 0 Å². The number of rotatable bonds is 10. The number of carbonyl (C=O) groups is 1. The molecule has 2 aromatic carbocycles. The lowest BCUT2D eigenvalue weighted by molar-refractivity contribution is -0.142. The minimum atomic E-state index is -0.484. The maximum absolute atomic E-state index is 12.6. The number of aromatic nitrogens is 2. The number of benzene rings is 2. The maximum atomic E-state index is 12.6. The molecule has 0 amide bonds. The van der Waals surface area contributed by atoms with Gasteiger partial charge in [0.25, 0.3) is 0 Å². The van der Waals surface area contributed by atoms with Crippen LogP contribution in [0.5, 0.6) is 5.75 Å². The molecular weight excluding hydrogens is 404 g/mol. The van der Waals surface area contributed by atoms with Crippen LogP contribution in [0, 0.1) is 5.92 Å². The first kappa shape index (κ1) is 23.1. The average Bonchev–Trinajstić information content (AvgIpc) is 2.82. The molecule has 7 nitrogen and oxygen atoms in total. The Morgan fingerprint density at radius 1 is 1.03 bits per heavy atom. The number of nitrogens with one attached hydrogen (secondary N) is 2. The van der Waals surface area contributed by atoms with Crippen molar-refractivity contribution in [2.24, 2.45) is 5.92 Å². The first-order valence-corrected chi connectivity index (χ1v) is 10.6. The zero-order chi connectivity index (χ0) is 22.9. The highest BCUT2D eigenvalue weighted by atomic mass is 16.5. The molecule has 0 bridgehead atoms. The van der Waals surface area contributed by atoms with Crippen LogP contribution >= 0.6 is 0 Å². The first-order chi connectivity index (χ1) is 15.5. The smallest absolute Gasteiger partial charge is 0.313 e. The normalized spacial score (nSPS) is 11.7. The van der Waals surface area contributed by atoms with Gasteiger partial charge in [-0.15, -0.1) is 0 Å². The molecule has 0 fully saturated rings. The molecular formula is C25H30N4O3. The fraction of sp³-hybridized carbons (Fsp3) is 0.320. The molecule has 0 aliphatic rings. The van der Waals surface area contributed by atoms with Crippen molar-refractivity contribution < 1.29 is 14.3 Å². The molecule has 1 heterocycles. The van der Waals surface area contributed by atoms with Crippen LogP contribution in [0.25, 0.3) is 0 Å². The molecule has 3 aromatic rings. The van der Waals surface area contributed by atoms with E-state index in [1.807, 2.05) is 54.6 Å². The molecule has 0 radical (unpaired) electrons. The van der Waals surface area contributed by atoms with Crippen LogP contribution in [0.1, 0.15) is 30.9 Å². The van der Waals surface area contributed by atoms with Crippen LogP contribution in [-0.2, 0) is 16.0 Å². The van der Waals surface area contributed by atoms with Crippen LogP contribution in [0.3, 0.4) is 0 Å². The van der Waals surface area contributed by atoms with Gasteiger partial charge in [0.1, 0.15) is 11.6 Å². The van der Waals surface area contributed by atoms with Crippen molar-refractivity contribution >= 4 is 23.4 Å². The summed E-state index contributed by atoms with van der Waals surface area (Å²) in [5.74, 6) is 1.57. The molecule has 1 aromatic heterocycles. The lowest BCUT2D eigenvalue weighted by Gasteiger charge is -2.19. The second-order valence-electron chi connectivity index (χ2n) is 7.89. The SMILES string of the molecule is COC(=O)C(Cc1cnc(Nc2ccccc2)nc1NCC(C)C)c1ccc(OC)cc1. The quantitative estimate of drug-likeness (QED) is 0.444. The number of nitrogens with zero attached hydrogens (tertiary/aromatic N) is 2. The van der Waals surface area contributed by atoms with Gasteiger partial charge < -0.3 is 20.1 Å². The number of hydrogen-bond donors (Lipinski definition) is 2. The lowest BCUT2D eigenvalue weighted by Crippen LogP contribution is -2.19. The monoisotopic (exact) mass is 434 g/mol. The molecule has 1 atom stereocenters. The number of methoxy groups -OCH3 is 2. The highest BCUT2D eigenvalue weighted by Crippen LogP contribution is 2.28. The Morgan fingerprint density at radius 2 is 1.75 bits per heavy atom. The first-order valence-electron chi connectivity index (χ1n) is 10.6. The minimum Gasteiger partial charge on any atom is -0.497 e. The van der Waals surface area contributed by atoms with E-state index in [4.69, 9.17) is 14.5 Å². The zero-order valence-electron chi connectivity index (χ0n) is 19.0. The highest BCUT2D eigenvalue weighted by molar-refractivity contribution is 5.79. The summed E-state index contributed by atoms with van der Waals surface area (Å²) in [6.07, 6.45) is 2.17. The summed E-state index contributed by atoms with van der Waals surface area (Å²) in [5.41, 5.74) is 2.59. The van der Waals surface area contributed by atoms with Gasteiger partial charge in [-0.1, -0.05) is 44.2 Å². The van der Waals surface area contributed by atoms with E-state index in [-0.39, 0.29) is 5.97 Å². The van der Waals surface area contributed by atoms with Gasteiger partial charge in [-0.2, -0.15) is 4.98 Å². The Morgan fingerprint density at radius 3 is 2.38 bits per heavy atom. The number of para-hydroxylation sites is 1. The molecule has 0 saturated heterocycles. The summed E-state index contributed by atoms with van der Waals surface area (Å²) >= 11 is 0. The van der Waals surface area contributed by atoms with Crippen LogP contribution in [0.4, 0.5) is 17.5 Å². The summed E-state index contributed by atoms with van der Waals surface area (Å²) in [6, 6.07) is 17.2. The van der Waals surface area contributed by atoms with E-state index in [2.05, 4.69) is 29.5 Å². The molecule has 32 heavy (non-hydrogen) atoms. The van der Waals surface area contributed by atoms with Crippen LogP contribution < -0.4 is 15.4 Å². The van der Waals surface area contributed by atoms with Gasteiger partial charge in [-0.05, 0) is 42.2 Å². The maximum Gasteiger partial charge on any atom is 0.313 e. The molecule has 1 unspecified atom stereocenters. The number of ether oxygens (including phenoxy) is 2. The fourth-order valence-corrected chi connectivity index (χ4v) is 3.26. The van der Waals surface area contributed by atoms with Crippen molar-refractivity contribution in [3.8, 4) is 5.75 Å². The Labute approximate surface area is 189 Å². The fourth-order valence-electron chi connectivity index (χ4n) is 3.26. The Balaban J connectivity index is 1.90. The second kappa shape index (κ2) is 11.1. The summed E-state index contributed by atoms with van der Waals surface area (Å²) in [5, 5.41) is 6.63. The van der Waals surface area contributed by atoms with E-state index in [9.17, 15) is 4.79 Å². The van der Waals surface area contributed by atoms with E-state index in [1.165, 1.54) is 7.11 Å². The van der Waals surface area contributed by atoms with Gasteiger partial charge in [0.15, 0.2) is 0 Å². The van der Waals surface area contributed by atoms with Crippen molar-refractivity contribution in [3.63, 3.8) is 0 Å². The average molecular weight is 435 g/mol. The van der Waals surface area contributed by atoms with Crippen molar-refractivity contribution in [1.82, 2.24) is 9.97 Å². The standard InChI is InChI=1S/C25H30N4O3/c1-17(2)15-26-23-19(16-27-25(29-23)28-20-8-6-5-7-9-20)14-22(24(30)32-4)18-10-12-21(31-3)13-11-18/h5-13,16-17,22H,14-15H2,1-4H3,(H2,26,27,28,29). The summed E-state index contributed by atoms with van der Waals surface area (Å²) in [6.45, 7) is 5.01. The molecule has 2 N–H and O–H groups in total. The van der Waals surface area contributed by atoms with Crippen molar-refractivity contribution in [2.45, 2.75) is 26.2 Å². The number of anilines is 3. The summed E-state index contributed by atoms with van der Waals surface area (Å²) in [7, 11) is 3.02. The molecule has 3 rings (SSSR count). The number of esters is 1. The summed E-state index contributed by atoms with van der Waals surface area (Å²) < 4.78 is 10.3. The van der Waals surface area contributed by atoms with Gasteiger partial charge in [0.2, 0.25) is 5.95 Å². The van der Waals surface area contributed by atoms with Gasteiger partial charge in [-0.3, -0.25) is 4.79 Å². The lowest BCUT2D eigenvalue weighted by atomic mass is 9.92. The second-order valence-corrected chi connectivity index (χ2v) is 7.89. The molecule has 0 aliphatic heterocycles. The summed E-state index contributed by atoms with van der Waals surface area (Å²) in [4.78, 5) is 21.8. The van der Waals surface area contributed by atoms with Crippen LogP contribution in [-0.4, -0.2) is 36.7 Å². The molecule has 0 aliphatic carbocycles.